The lowest BCUT2D eigenvalue weighted by molar-refractivity contribution is 0.0803. The Hall–Kier alpha value is -0.870. The quantitative estimate of drug-likeness (QED) is 0.823. The van der Waals surface area contributed by atoms with Gasteiger partial charge in [-0.25, -0.2) is 0 Å². The molecule has 1 heterocycles. The van der Waals surface area contributed by atoms with Crippen LogP contribution < -0.4 is 5.73 Å². The molecule has 0 atom stereocenters. The maximum atomic E-state index is 11.8. The van der Waals surface area contributed by atoms with Crippen molar-refractivity contribution in [1.29, 1.82) is 0 Å². The van der Waals surface area contributed by atoms with E-state index in [1.807, 2.05) is 19.9 Å². The van der Waals surface area contributed by atoms with Crippen molar-refractivity contribution in [3.05, 3.63) is 21.4 Å². The molecule has 0 aliphatic heterocycles. The zero-order chi connectivity index (χ0) is 10.7. The molecule has 1 aromatic rings. The molecule has 2 N–H and O–H groups in total. The van der Waals surface area contributed by atoms with Gasteiger partial charge in [0.15, 0.2) is 0 Å². The van der Waals surface area contributed by atoms with Crippen molar-refractivity contribution >= 4 is 17.2 Å². The Morgan fingerprint density at radius 2 is 2.21 bits per heavy atom. The van der Waals surface area contributed by atoms with E-state index in [0.29, 0.717) is 13.1 Å². The highest BCUT2D eigenvalue weighted by Crippen LogP contribution is 2.21. The van der Waals surface area contributed by atoms with Gasteiger partial charge in [-0.2, -0.15) is 0 Å². The molecule has 1 amide bonds. The van der Waals surface area contributed by atoms with Crippen LogP contribution in [0.25, 0.3) is 0 Å². The van der Waals surface area contributed by atoms with Gasteiger partial charge < -0.3 is 10.6 Å². The third kappa shape index (κ3) is 2.33. The van der Waals surface area contributed by atoms with Crippen LogP contribution in [0.4, 0.5) is 0 Å². The van der Waals surface area contributed by atoms with E-state index in [0.717, 1.165) is 4.88 Å². The lowest BCUT2D eigenvalue weighted by atomic mass is 10.3. The lowest BCUT2D eigenvalue weighted by Crippen LogP contribution is -2.31. The highest BCUT2D eigenvalue weighted by molar-refractivity contribution is 7.14. The van der Waals surface area contributed by atoms with Crippen LogP contribution in [0.5, 0.6) is 0 Å². The zero-order valence-corrected chi connectivity index (χ0v) is 9.65. The van der Waals surface area contributed by atoms with Crippen LogP contribution >= 0.6 is 11.3 Å². The topological polar surface area (TPSA) is 46.3 Å². The largest absolute Gasteiger partial charge is 0.340 e. The van der Waals surface area contributed by atoms with E-state index >= 15 is 0 Å². The first-order valence-electron chi connectivity index (χ1n) is 4.59. The van der Waals surface area contributed by atoms with Gasteiger partial charge in [0.05, 0.1) is 4.88 Å². The number of likely N-dealkylation sites (N-methyl/N-ethyl adjacent to an activating group) is 1. The molecule has 0 bridgehead atoms. The number of aryl methyl sites for hydroxylation is 2. The summed E-state index contributed by atoms with van der Waals surface area (Å²) in [6.45, 7) is 5.16. The maximum Gasteiger partial charge on any atom is 0.263 e. The summed E-state index contributed by atoms with van der Waals surface area (Å²) in [4.78, 5) is 15.4. The van der Waals surface area contributed by atoms with E-state index in [2.05, 4.69) is 0 Å². The number of carbonyl (C=O) groups excluding carboxylic acids is 1. The summed E-state index contributed by atoms with van der Waals surface area (Å²) in [5.41, 5.74) is 6.57. The van der Waals surface area contributed by atoms with Crippen LogP contribution in [0, 0.1) is 13.8 Å². The van der Waals surface area contributed by atoms with E-state index in [1.165, 1.54) is 10.4 Å². The summed E-state index contributed by atoms with van der Waals surface area (Å²) in [6.07, 6.45) is 0. The Labute approximate surface area is 88.5 Å². The van der Waals surface area contributed by atoms with Crippen LogP contribution in [0.3, 0.4) is 0 Å². The molecule has 0 spiro atoms. The number of rotatable bonds is 3. The summed E-state index contributed by atoms with van der Waals surface area (Å²) in [5, 5.41) is 0. The average molecular weight is 212 g/mol. The number of nitrogens with zero attached hydrogens (tertiary/aromatic N) is 1. The Bertz CT molecular complexity index is 313. The minimum absolute atomic E-state index is 0.0663. The van der Waals surface area contributed by atoms with E-state index in [4.69, 9.17) is 5.73 Å². The molecule has 0 saturated heterocycles. The van der Waals surface area contributed by atoms with Crippen LogP contribution in [-0.2, 0) is 0 Å². The second-order valence-electron chi connectivity index (χ2n) is 3.37. The first-order valence-corrected chi connectivity index (χ1v) is 5.40. The summed E-state index contributed by atoms with van der Waals surface area (Å²) >= 11 is 1.54. The van der Waals surface area contributed by atoms with Gasteiger partial charge in [0.25, 0.3) is 5.91 Å². The Kier molecular flexibility index (Phi) is 3.66. The Morgan fingerprint density at radius 3 is 2.64 bits per heavy atom. The number of amides is 1. The van der Waals surface area contributed by atoms with Crippen molar-refractivity contribution in [3.8, 4) is 0 Å². The van der Waals surface area contributed by atoms with Crippen LogP contribution in [0.2, 0.25) is 0 Å². The third-order valence-electron chi connectivity index (χ3n) is 2.19. The van der Waals surface area contributed by atoms with Gasteiger partial charge >= 0.3 is 0 Å². The van der Waals surface area contributed by atoms with Gasteiger partial charge in [-0.15, -0.1) is 11.3 Å². The van der Waals surface area contributed by atoms with Crippen molar-refractivity contribution in [1.82, 2.24) is 4.90 Å². The molecule has 0 saturated carbocycles. The molecule has 0 aromatic carbocycles. The summed E-state index contributed by atoms with van der Waals surface area (Å²) in [6, 6.07) is 1.94. The van der Waals surface area contributed by atoms with Crippen LogP contribution in [0.1, 0.15) is 20.1 Å². The second-order valence-corrected chi connectivity index (χ2v) is 4.62. The second kappa shape index (κ2) is 4.57. The maximum absolute atomic E-state index is 11.8. The molecule has 1 rings (SSSR count). The zero-order valence-electron chi connectivity index (χ0n) is 8.83. The van der Waals surface area contributed by atoms with Gasteiger partial charge in [-0.3, -0.25) is 4.79 Å². The van der Waals surface area contributed by atoms with Crippen LogP contribution in [0.15, 0.2) is 6.07 Å². The minimum Gasteiger partial charge on any atom is -0.340 e. The van der Waals surface area contributed by atoms with E-state index in [9.17, 15) is 4.79 Å². The van der Waals surface area contributed by atoms with Crippen LogP contribution in [-0.4, -0.2) is 30.9 Å². The molecule has 0 aliphatic carbocycles. The molecule has 14 heavy (non-hydrogen) atoms. The fourth-order valence-corrected chi connectivity index (χ4v) is 2.19. The molecule has 3 nitrogen and oxygen atoms in total. The van der Waals surface area contributed by atoms with Crippen molar-refractivity contribution < 1.29 is 4.79 Å². The van der Waals surface area contributed by atoms with Crippen molar-refractivity contribution in [2.24, 2.45) is 5.73 Å². The molecule has 1 aromatic heterocycles. The first-order chi connectivity index (χ1) is 6.56. The van der Waals surface area contributed by atoms with Gasteiger partial charge in [0.2, 0.25) is 0 Å². The van der Waals surface area contributed by atoms with Gasteiger partial charge in [0, 0.05) is 25.0 Å². The van der Waals surface area contributed by atoms with E-state index < -0.39 is 0 Å². The monoisotopic (exact) mass is 212 g/mol. The molecule has 0 fully saturated rings. The highest BCUT2D eigenvalue weighted by Gasteiger charge is 2.13. The number of thiophene rings is 1. The van der Waals surface area contributed by atoms with Gasteiger partial charge in [-0.1, -0.05) is 0 Å². The third-order valence-corrected chi connectivity index (χ3v) is 3.33. The normalized spacial score (nSPS) is 10.3. The molecule has 4 heteroatoms. The van der Waals surface area contributed by atoms with Gasteiger partial charge in [-0.05, 0) is 25.5 Å². The lowest BCUT2D eigenvalue weighted by Gasteiger charge is -2.14. The molecular formula is C10H16N2OS. The molecule has 78 valence electrons. The molecular weight excluding hydrogens is 196 g/mol. The smallest absolute Gasteiger partial charge is 0.263 e. The first kappa shape index (κ1) is 11.2. The van der Waals surface area contributed by atoms with Crippen molar-refractivity contribution in [2.75, 3.05) is 20.1 Å². The van der Waals surface area contributed by atoms with Gasteiger partial charge in [0.1, 0.15) is 0 Å². The van der Waals surface area contributed by atoms with Crippen molar-refractivity contribution in [3.63, 3.8) is 0 Å². The predicted molar refractivity (Wildman–Crippen MR) is 59.8 cm³/mol. The fraction of sp³-hybridized carbons (Fsp3) is 0.500. The number of hydrogen-bond donors (Lipinski definition) is 1. The van der Waals surface area contributed by atoms with Crippen molar-refractivity contribution in [2.45, 2.75) is 13.8 Å². The standard InChI is InChI=1S/C10H16N2OS/c1-7-6-9(14-8(7)2)10(13)12(3)5-4-11/h6H,4-5,11H2,1-3H3. The summed E-state index contributed by atoms with van der Waals surface area (Å²) in [7, 11) is 1.78. The fourth-order valence-electron chi connectivity index (χ4n) is 1.16. The Morgan fingerprint density at radius 1 is 1.57 bits per heavy atom. The summed E-state index contributed by atoms with van der Waals surface area (Å²) in [5.74, 6) is 0.0663. The van der Waals surface area contributed by atoms with E-state index in [-0.39, 0.29) is 5.91 Å². The molecule has 0 radical (unpaired) electrons. The highest BCUT2D eigenvalue weighted by atomic mass is 32.1. The minimum atomic E-state index is 0.0663. The summed E-state index contributed by atoms with van der Waals surface area (Å²) < 4.78 is 0. The number of hydrogen-bond acceptors (Lipinski definition) is 3. The molecule has 0 aliphatic rings. The number of carbonyl (C=O) groups is 1. The molecule has 0 unspecified atom stereocenters. The SMILES string of the molecule is Cc1cc(C(=O)N(C)CCN)sc1C. The average Bonchev–Trinajstić information content (AvgIpc) is 2.46. The van der Waals surface area contributed by atoms with E-state index in [1.54, 1.807) is 23.3 Å². The predicted octanol–water partition coefficient (Wildman–Crippen LogP) is 1.40. The Balaban J connectivity index is 2.79. The number of nitrogens with two attached hydrogens (primary N) is 1.